The lowest BCUT2D eigenvalue weighted by Crippen LogP contribution is -2.22. The molecule has 0 bridgehead atoms. The van der Waals surface area contributed by atoms with Crippen LogP contribution in [0.25, 0.3) is 0 Å². The number of hydrogen-bond acceptors (Lipinski definition) is 4. The van der Waals surface area contributed by atoms with Crippen LogP contribution in [0.3, 0.4) is 0 Å². The first kappa shape index (κ1) is 14.8. The van der Waals surface area contributed by atoms with Gasteiger partial charge in [-0.1, -0.05) is 0 Å². The van der Waals surface area contributed by atoms with E-state index in [0.29, 0.717) is 12.1 Å². The van der Waals surface area contributed by atoms with Gasteiger partial charge in [-0.3, -0.25) is 14.2 Å². The van der Waals surface area contributed by atoms with Gasteiger partial charge >= 0.3 is 5.97 Å². The zero-order valence-corrected chi connectivity index (χ0v) is 11.9. The molecule has 8 nitrogen and oxygen atoms in total. The molecule has 0 radical (unpaired) electrons. The summed E-state index contributed by atoms with van der Waals surface area (Å²) < 4.78 is 3.01. The van der Waals surface area contributed by atoms with Crippen LogP contribution in [0.5, 0.6) is 0 Å². The van der Waals surface area contributed by atoms with Gasteiger partial charge in [-0.15, -0.1) is 0 Å². The van der Waals surface area contributed by atoms with Crippen LogP contribution >= 0.6 is 0 Å². The molecule has 2 heterocycles. The third-order valence-electron chi connectivity index (χ3n) is 3.08. The van der Waals surface area contributed by atoms with Gasteiger partial charge in [0.15, 0.2) is 0 Å². The maximum Gasteiger partial charge on any atom is 0.328 e. The Hall–Kier alpha value is -2.64. The van der Waals surface area contributed by atoms with E-state index in [2.05, 4.69) is 15.5 Å². The molecule has 21 heavy (non-hydrogen) atoms. The molecule has 1 atom stereocenters. The summed E-state index contributed by atoms with van der Waals surface area (Å²) in [6.45, 7) is 4.61. The summed E-state index contributed by atoms with van der Waals surface area (Å²) >= 11 is 0. The van der Waals surface area contributed by atoms with Gasteiger partial charge in [0, 0.05) is 31.0 Å². The number of carbonyl (C=O) groups is 2. The normalized spacial score (nSPS) is 12.1. The van der Waals surface area contributed by atoms with E-state index in [9.17, 15) is 9.59 Å². The molecule has 0 saturated carbocycles. The van der Waals surface area contributed by atoms with Crippen LogP contribution < -0.4 is 5.32 Å². The number of amides is 1. The second kappa shape index (κ2) is 6.21. The van der Waals surface area contributed by atoms with Crippen LogP contribution in [0.4, 0.5) is 0 Å². The summed E-state index contributed by atoms with van der Waals surface area (Å²) in [4.78, 5) is 22.8. The maximum absolute atomic E-state index is 12.0. The molecule has 2 aromatic heterocycles. The highest BCUT2D eigenvalue weighted by Crippen LogP contribution is 2.07. The third-order valence-corrected chi connectivity index (χ3v) is 3.08. The second-order valence-corrected chi connectivity index (χ2v) is 4.61. The molecule has 0 fully saturated rings. The summed E-state index contributed by atoms with van der Waals surface area (Å²) in [5, 5.41) is 19.6. The largest absolute Gasteiger partial charge is 0.480 e. The number of aryl methyl sites for hydroxylation is 1. The fourth-order valence-corrected chi connectivity index (χ4v) is 1.74. The predicted molar refractivity (Wildman–Crippen MR) is 73.6 cm³/mol. The van der Waals surface area contributed by atoms with Gasteiger partial charge in [0.1, 0.15) is 6.04 Å². The van der Waals surface area contributed by atoms with Gasteiger partial charge in [0.05, 0.1) is 18.0 Å². The molecule has 0 aliphatic rings. The first-order valence-corrected chi connectivity index (χ1v) is 6.57. The Balaban J connectivity index is 1.96. The summed E-state index contributed by atoms with van der Waals surface area (Å²) in [7, 11) is 0. The molecule has 0 spiro atoms. The zero-order chi connectivity index (χ0) is 15.4. The number of nitrogens with zero attached hydrogens (tertiary/aromatic N) is 4. The van der Waals surface area contributed by atoms with Crippen molar-refractivity contribution in [3.8, 4) is 0 Å². The molecule has 0 aliphatic carbocycles. The minimum absolute atomic E-state index is 0.303. The molecule has 0 aliphatic heterocycles. The average Bonchev–Trinajstić information content (AvgIpc) is 3.12. The van der Waals surface area contributed by atoms with Gasteiger partial charge in [0.25, 0.3) is 5.91 Å². The van der Waals surface area contributed by atoms with E-state index in [1.54, 1.807) is 10.9 Å². The number of aliphatic carboxylic acids is 1. The molecular weight excluding hydrogens is 274 g/mol. The summed E-state index contributed by atoms with van der Waals surface area (Å²) in [5.74, 6) is -1.31. The Morgan fingerprint density at radius 3 is 2.71 bits per heavy atom. The summed E-state index contributed by atoms with van der Waals surface area (Å²) in [6, 6.07) is -0.811. The van der Waals surface area contributed by atoms with Gasteiger partial charge < -0.3 is 10.4 Å². The van der Waals surface area contributed by atoms with Crippen LogP contribution in [-0.4, -0.2) is 36.5 Å². The standard InChI is InChI=1S/C13H17N5O3/c1-3-17-7-10(5-15-17)4-14-12(19)11-6-16-18(8-11)9(2)13(20)21/h5-9H,3-4H2,1-2H3,(H,14,19)(H,20,21). The van der Waals surface area contributed by atoms with E-state index in [-0.39, 0.29) is 5.91 Å². The Labute approximate surface area is 121 Å². The Bertz CT molecular complexity index is 646. The van der Waals surface area contributed by atoms with E-state index in [0.717, 1.165) is 12.1 Å². The van der Waals surface area contributed by atoms with Crippen molar-refractivity contribution in [3.05, 3.63) is 35.9 Å². The van der Waals surface area contributed by atoms with Crippen molar-refractivity contribution in [2.75, 3.05) is 0 Å². The molecule has 2 N–H and O–H groups in total. The molecule has 2 aromatic rings. The highest BCUT2D eigenvalue weighted by atomic mass is 16.4. The molecule has 0 aromatic carbocycles. The van der Waals surface area contributed by atoms with Crippen molar-refractivity contribution >= 4 is 11.9 Å². The quantitative estimate of drug-likeness (QED) is 0.814. The fourth-order valence-electron chi connectivity index (χ4n) is 1.74. The molecule has 8 heteroatoms. The molecule has 1 unspecified atom stereocenters. The average molecular weight is 291 g/mol. The molecule has 1 amide bonds. The number of hydrogen-bond donors (Lipinski definition) is 2. The van der Waals surface area contributed by atoms with Crippen molar-refractivity contribution in [3.63, 3.8) is 0 Å². The minimum Gasteiger partial charge on any atom is -0.480 e. The van der Waals surface area contributed by atoms with Gasteiger partial charge in [-0.05, 0) is 13.8 Å². The van der Waals surface area contributed by atoms with E-state index < -0.39 is 12.0 Å². The van der Waals surface area contributed by atoms with E-state index in [1.165, 1.54) is 24.0 Å². The number of rotatable bonds is 6. The molecular formula is C13H17N5O3. The van der Waals surface area contributed by atoms with Crippen LogP contribution in [0.2, 0.25) is 0 Å². The summed E-state index contributed by atoms with van der Waals surface area (Å²) in [5.41, 5.74) is 1.22. The zero-order valence-electron chi connectivity index (χ0n) is 11.9. The Morgan fingerprint density at radius 1 is 1.33 bits per heavy atom. The number of carboxylic acids is 1. The number of carbonyl (C=O) groups excluding carboxylic acids is 1. The third kappa shape index (κ3) is 3.47. The number of aromatic nitrogens is 4. The molecule has 0 saturated heterocycles. The first-order valence-electron chi connectivity index (χ1n) is 6.57. The van der Waals surface area contributed by atoms with E-state index in [4.69, 9.17) is 5.11 Å². The van der Waals surface area contributed by atoms with Gasteiger partial charge in [-0.25, -0.2) is 4.79 Å². The van der Waals surface area contributed by atoms with Crippen molar-refractivity contribution < 1.29 is 14.7 Å². The topological polar surface area (TPSA) is 102 Å². The van der Waals surface area contributed by atoms with Crippen molar-refractivity contribution in [2.24, 2.45) is 0 Å². The smallest absolute Gasteiger partial charge is 0.328 e. The second-order valence-electron chi connectivity index (χ2n) is 4.61. The fraction of sp³-hybridized carbons (Fsp3) is 0.385. The van der Waals surface area contributed by atoms with Crippen LogP contribution in [0.15, 0.2) is 24.8 Å². The van der Waals surface area contributed by atoms with Crippen molar-refractivity contribution in [1.82, 2.24) is 24.9 Å². The predicted octanol–water partition coefficient (Wildman–Crippen LogP) is 0.675. The number of carboxylic acid groups (broad SMARTS) is 1. The maximum atomic E-state index is 12.0. The Kier molecular flexibility index (Phi) is 4.36. The lowest BCUT2D eigenvalue weighted by molar-refractivity contribution is -0.140. The van der Waals surface area contributed by atoms with Crippen molar-refractivity contribution in [2.45, 2.75) is 33.0 Å². The van der Waals surface area contributed by atoms with E-state index in [1.807, 2.05) is 13.1 Å². The SMILES string of the molecule is CCn1cc(CNC(=O)c2cnn(C(C)C(=O)O)c2)cn1. The van der Waals surface area contributed by atoms with Crippen LogP contribution in [0.1, 0.15) is 35.8 Å². The monoisotopic (exact) mass is 291 g/mol. The number of nitrogens with one attached hydrogen (secondary N) is 1. The molecule has 2 rings (SSSR count). The minimum atomic E-state index is -1.00. The Morgan fingerprint density at radius 2 is 2.10 bits per heavy atom. The lowest BCUT2D eigenvalue weighted by atomic mass is 10.3. The van der Waals surface area contributed by atoms with E-state index >= 15 is 0 Å². The summed E-state index contributed by atoms with van der Waals surface area (Å²) in [6.07, 6.45) is 6.32. The van der Waals surface area contributed by atoms with Crippen molar-refractivity contribution in [1.29, 1.82) is 0 Å². The molecule has 112 valence electrons. The van der Waals surface area contributed by atoms with Crippen LogP contribution in [0, 0.1) is 0 Å². The van der Waals surface area contributed by atoms with Gasteiger partial charge in [-0.2, -0.15) is 10.2 Å². The highest BCUT2D eigenvalue weighted by Gasteiger charge is 2.16. The lowest BCUT2D eigenvalue weighted by Gasteiger charge is -2.05. The highest BCUT2D eigenvalue weighted by molar-refractivity contribution is 5.93. The van der Waals surface area contributed by atoms with Crippen LogP contribution in [-0.2, 0) is 17.9 Å². The first-order chi connectivity index (χ1) is 10.0. The van der Waals surface area contributed by atoms with Gasteiger partial charge in [0.2, 0.25) is 0 Å².